The number of carbonyl (C=O) groups excluding carboxylic acids is 3. The normalized spacial score (nSPS) is 25.5. The van der Waals surface area contributed by atoms with Crippen LogP contribution in [0.4, 0.5) is 10.5 Å². The van der Waals surface area contributed by atoms with E-state index in [0.29, 0.717) is 18.8 Å². The maximum absolute atomic E-state index is 12.9. The monoisotopic (exact) mass is 357 g/mol. The van der Waals surface area contributed by atoms with Gasteiger partial charge in [0.1, 0.15) is 12.1 Å². The number of likely N-dealkylation sites (N-methyl/N-ethyl adjacent to an activating group) is 1. The second-order valence-corrected chi connectivity index (χ2v) is 7.76. The zero-order valence-electron chi connectivity index (χ0n) is 16.0. The molecule has 1 saturated heterocycles. The number of benzene rings is 1. The minimum absolute atomic E-state index is 0.230. The fourth-order valence-corrected chi connectivity index (χ4v) is 3.89. The lowest BCUT2D eigenvalue weighted by Crippen LogP contribution is -2.50. The van der Waals surface area contributed by atoms with E-state index in [2.05, 4.69) is 12.2 Å². The van der Waals surface area contributed by atoms with Gasteiger partial charge in [-0.25, -0.2) is 4.79 Å². The number of hydrogen-bond acceptors (Lipinski definition) is 3. The van der Waals surface area contributed by atoms with Crippen LogP contribution in [0.3, 0.4) is 0 Å². The van der Waals surface area contributed by atoms with E-state index < -0.39 is 11.6 Å². The molecule has 0 unspecified atom stereocenters. The van der Waals surface area contributed by atoms with Crippen LogP contribution in [-0.4, -0.2) is 41.9 Å². The van der Waals surface area contributed by atoms with E-state index in [0.717, 1.165) is 34.6 Å². The van der Waals surface area contributed by atoms with E-state index in [1.807, 2.05) is 32.0 Å². The third-order valence-corrected chi connectivity index (χ3v) is 5.98. The Hall–Kier alpha value is -2.37. The predicted molar refractivity (Wildman–Crippen MR) is 99.9 cm³/mol. The van der Waals surface area contributed by atoms with Crippen LogP contribution >= 0.6 is 0 Å². The molecule has 0 atom stereocenters. The fraction of sp³-hybridized carbons (Fsp3) is 0.550. The van der Waals surface area contributed by atoms with Crippen molar-refractivity contribution in [1.82, 2.24) is 10.2 Å². The topological polar surface area (TPSA) is 69.7 Å². The quantitative estimate of drug-likeness (QED) is 0.846. The van der Waals surface area contributed by atoms with Crippen molar-refractivity contribution in [1.29, 1.82) is 0 Å². The highest BCUT2D eigenvalue weighted by Crippen LogP contribution is 2.36. The summed E-state index contributed by atoms with van der Waals surface area (Å²) in [7, 11) is 1.68. The van der Waals surface area contributed by atoms with E-state index in [9.17, 15) is 14.4 Å². The third kappa shape index (κ3) is 3.08. The van der Waals surface area contributed by atoms with Crippen molar-refractivity contribution in [2.45, 2.75) is 52.0 Å². The highest BCUT2D eigenvalue weighted by molar-refractivity contribution is 6.10. The SMILES string of the molecule is Cc1cccc(N(C)C(=O)CN2C(=O)NC3(CCC(C)CC3)C2=O)c1C. The maximum Gasteiger partial charge on any atom is 0.325 e. The first-order chi connectivity index (χ1) is 12.2. The van der Waals surface area contributed by atoms with Crippen LogP contribution in [0, 0.1) is 19.8 Å². The minimum Gasteiger partial charge on any atom is -0.323 e. The van der Waals surface area contributed by atoms with Crippen molar-refractivity contribution >= 4 is 23.5 Å². The first-order valence-electron chi connectivity index (χ1n) is 9.22. The second kappa shape index (κ2) is 6.74. The third-order valence-electron chi connectivity index (χ3n) is 5.98. The van der Waals surface area contributed by atoms with Crippen molar-refractivity contribution < 1.29 is 14.4 Å². The number of nitrogens with one attached hydrogen (secondary N) is 1. The fourth-order valence-electron chi connectivity index (χ4n) is 3.89. The van der Waals surface area contributed by atoms with E-state index in [1.165, 1.54) is 4.90 Å². The number of hydrogen-bond donors (Lipinski definition) is 1. The zero-order chi connectivity index (χ0) is 19.1. The van der Waals surface area contributed by atoms with Crippen LogP contribution in [0.5, 0.6) is 0 Å². The average molecular weight is 357 g/mol. The van der Waals surface area contributed by atoms with Gasteiger partial charge in [-0.2, -0.15) is 0 Å². The number of nitrogens with zero attached hydrogens (tertiary/aromatic N) is 2. The minimum atomic E-state index is -0.804. The lowest BCUT2D eigenvalue weighted by Gasteiger charge is -2.33. The van der Waals surface area contributed by atoms with E-state index in [1.54, 1.807) is 7.05 Å². The number of imide groups is 1. The van der Waals surface area contributed by atoms with Crippen molar-refractivity contribution in [3.05, 3.63) is 29.3 Å². The predicted octanol–water partition coefficient (Wildman–Crippen LogP) is 2.77. The molecule has 1 aliphatic heterocycles. The zero-order valence-corrected chi connectivity index (χ0v) is 16.0. The molecule has 0 bridgehead atoms. The molecule has 1 heterocycles. The van der Waals surface area contributed by atoms with Gasteiger partial charge >= 0.3 is 6.03 Å². The van der Waals surface area contributed by atoms with Gasteiger partial charge in [-0.05, 0) is 62.6 Å². The standard InChI is InChI=1S/C20H27N3O3/c1-13-8-10-20(11-9-13)18(25)23(19(26)21-20)12-17(24)22(4)16-7-5-6-14(2)15(16)3/h5-7,13H,8-12H2,1-4H3,(H,21,26). The lowest BCUT2D eigenvalue weighted by molar-refractivity contribution is -0.135. The van der Waals surface area contributed by atoms with Gasteiger partial charge in [0.05, 0.1) is 0 Å². The van der Waals surface area contributed by atoms with Crippen LogP contribution < -0.4 is 10.2 Å². The molecule has 6 nitrogen and oxygen atoms in total. The molecule has 0 radical (unpaired) electrons. The van der Waals surface area contributed by atoms with Gasteiger partial charge in [0, 0.05) is 12.7 Å². The summed E-state index contributed by atoms with van der Waals surface area (Å²) in [4.78, 5) is 40.6. The molecule has 3 rings (SSSR count). The maximum atomic E-state index is 12.9. The molecule has 1 aromatic rings. The van der Waals surface area contributed by atoms with Gasteiger partial charge in [-0.1, -0.05) is 19.1 Å². The molecule has 2 aliphatic rings. The van der Waals surface area contributed by atoms with Crippen LogP contribution in [0.1, 0.15) is 43.7 Å². The van der Waals surface area contributed by atoms with Crippen molar-refractivity contribution in [2.75, 3.05) is 18.5 Å². The van der Waals surface area contributed by atoms with Crippen LogP contribution in [-0.2, 0) is 9.59 Å². The average Bonchev–Trinajstić information content (AvgIpc) is 2.84. The molecular weight excluding hydrogens is 330 g/mol. The lowest BCUT2D eigenvalue weighted by atomic mass is 9.77. The van der Waals surface area contributed by atoms with E-state index >= 15 is 0 Å². The molecule has 1 aromatic carbocycles. The number of anilines is 1. The molecule has 0 aromatic heterocycles. The Balaban J connectivity index is 1.74. The van der Waals surface area contributed by atoms with Gasteiger partial charge in [0.25, 0.3) is 5.91 Å². The molecule has 1 saturated carbocycles. The Kier molecular flexibility index (Phi) is 4.78. The van der Waals surface area contributed by atoms with Gasteiger partial charge in [-0.15, -0.1) is 0 Å². The number of carbonyl (C=O) groups is 3. The molecule has 2 fully saturated rings. The number of rotatable bonds is 3. The molecule has 1 aliphatic carbocycles. The second-order valence-electron chi connectivity index (χ2n) is 7.76. The van der Waals surface area contributed by atoms with Gasteiger partial charge in [0.2, 0.25) is 5.91 Å². The number of aryl methyl sites for hydroxylation is 1. The number of amides is 4. The van der Waals surface area contributed by atoms with Gasteiger partial charge in [-0.3, -0.25) is 14.5 Å². The molecule has 26 heavy (non-hydrogen) atoms. The molecule has 1 spiro atoms. The Labute approximate surface area is 154 Å². The summed E-state index contributed by atoms with van der Waals surface area (Å²) in [6.07, 6.45) is 3.12. The Morgan fingerprint density at radius 1 is 1.27 bits per heavy atom. The molecule has 1 N–H and O–H groups in total. The summed E-state index contributed by atoms with van der Waals surface area (Å²) in [5, 5.41) is 2.86. The number of urea groups is 1. The summed E-state index contributed by atoms with van der Waals surface area (Å²) in [6, 6.07) is 5.30. The van der Waals surface area contributed by atoms with Crippen molar-refractivity contribution in [2.24, 2.45) is 5.92 Å². The summed E-state index contributed by atoms with van der Waals surface area (Å²) in [5.74, 6) is 0.0389. The van der Waals surface area contributed by atoms with Crippen molar-refractivity contribution in [3.63, 3.8) is 0 Å². The largest absolute Gasteiger partial charge is 0.325 e. The van der Waals surface area contributed by atoms with Crippen LogP contribution in [0.25, 0.3) is 0 Å². The smallest absolute Gasteiger partial charge is 0.323 e. The summed E-state index contributed by atoms with van der Waals surface area (Å²) < 4.78 is 0. The first-order valence-corrected chi connectivity index (χ1v) is 9.22. The molecule has 6 heteroatoms. The Bertz CT molecular complexity index is 751. The Morgan fingerprint density at radius 3 is 2.58 bits per heavy atom. The van der Waals surface area contributed by atoms with E-state index in [-0.39, 0.29) is 18.4 Å². The van der Waals surface area contributed by atoms with Crippen LogP contribution in [0.15, 0.2) is 18.2 Å². The first kappa shape index (κ1) is 18.4. The summed E-state index contributed by atoms with van der Waals surface area (Å²) in [5.41, 5.74) is 2.09. The van der Waals surface area contributed by atoms with Crippen LogP contribution in [0.2, 0.25) is 0 Å². The Morgan fingerprint density at radius 2 is 1.92 bits per heavy atom. The summed E-state index contributed by atoms with van der Waals surface area (Å²) in [6.45, 7) is 5.88. The van der Waals surface area contributed by atoms with Gasteiger partial charge < -0.3 is 10.2 Å². The van der Waals surface area contributed by atoms with E-state index in [4.69, 9.17) is 0 Å². The molecule has 140 valence electrons. The summed E-state index contributed by atoms with van der Waals surface area (Å²) >= 11 is 0. The highest BCUT2D eigenvalue weighted by Gasteiger charge is 2.52. The van der Waals surface area contributed by atoms with Gasteiger partial charge in [0.15, 0.2) is 0 Å². The van der Waals surface area contributed by atoms with Crippen molar-refractivity contribution in [3.8, 4) is 0 Å². The highest BCUT2D eigenvalue weighted by atomic mass is 16.2. The molecular formula is C20H27N3O3. The molecule has 4 amide bonds.